The molecule has 19 heavy (non-hydrogen) atoms. The second-order valence-corrected chi connectivity index (χ2v) is 5.71. The number of rotatable bonds is 7. The molecule has 5 heteroatoms. The Kier molecular flexibility index (Phi) is 7.37. The quantitative estimate of drug-likeness (QED) is 0.526. The molecule has 1 N–H and O–H groups in total. The number of carbonyl (C=O) groups excluding carboxylic acids is 2. The first-order valence-electron chi connectivity index (χ1n) is 6.34. The van der Waals surface area contributed by atoms with Crippen LogP contribution >= 0.6 is 0 Å². The minimum Gasteiger partial charge on any atom is -0.677 e. The van der Waals surface area contributed by atoms with Crippen LogP contribution in [0.4, 0.5) is 0 Å². The summed E-state index contributed by atoms with van der Waals surface area (Å²) in [5.41, 5.74) is 6.97. The Hall–Kier alpha value is -1.36. The van der Waals surface area contributed by atoms with Crippen LogP contribution in [-0.2, 0) is 19.1 Å². The zero-order valence-corrected chi connectivity index (χ0v) is 12.2. The molecule has 0 aliphatic rings. The average Bonchev–Trinajstić information content (AvgIpc) is 2.32. The molecule has 5 nitrogen and oxygen atoms in total. The predicted molar refractivity (Wildman–Crippen MR) is 73.5 cm³/mol. The largest absolute Gasteiger partial charge is 0.677 e. The first-order valence-corrected chi connectivity index (χ1v) is 6.34. The molecule has 0 aromatic heterocycles. The zero-order valence-electron chi connectivity index (χ0n) is 12.2. The summed E-state index contributed by atoms with van der Waals surface area (Å²) in [5, 5.41) is 0. The van der Waals surface area contributed by atoms with E-state index in [9.17, 15) is 9.59 Å². The van der Waals surface area contributed by atoms with Crippen LogP contribution in [0.2, 0.25) is 0 Å². The summed E-state index contributed by atoms with van der Waals surface area (Å²) in [4.78, 5) is 23.5. The van der Waals surface area contributed by atoms with Gasteiger partial charge in [-0.2, -0.15) is 0 Å². The molecule has 0 fully saturated rings. The molecule has 0 saturated carbocycles. The van der Waals surface area contributed by atoms with E-state index in [0.717, 1.165) is 0 Å². The summed E-state index contributed by atoms with van der Waals surface area (Å²) in [6.07, 6.45) is 0.904. The summed E-state index contributed by atoms with van der Waals surface area (Å²) in [7, 11) is 0. The topological polar surface area (TPSA) is 76.4 Å². The van der Waals surface area contributed by atoms with Crippen LogP contribution in [-0.4, -0.2) is 31.2 Å². The number of hydrogen-bond donors (Lipinski definition) is 0. The van der Waals surface area contributed by atoms with Crippen molar-refractivity contribution in [2.45, 2.75) is 40.2 Å². The Morgan fingerprint density at radius 2 is 1.89 bits per heavy atom. The molecule has 0 rings (SSSR count). The number of hydrogen-bond acceptors (Lipinski definition) is 4. The lowest BCUT2D eigenvalue weighted by atomic mass is 9.89. The van der Waals surface area contributed by atoms with Crippen LogP contribution in [0.5, 0.6) is 0 Å². The highest BCUT2D eigenvalue weighted by Crippen LogP contribution is 2.23. The van der Waals surface area contributed by atoms with E-state index in [1.807, 2.05) is 20.8 Å². The molecular formula is C14H24NO4-. The second-order valence-electron chi connectivity index (χ2n) is 5.71. The van der Waals surface area contributed by atoms with E-state index >= 15 is 0 Å². The Balaban J connectivity index is 4.71. The Bertz CT molecular complexity index is 320. The maximum atomic E-state index is 11.8. The SMILES string of the molecule is C=CCOC(=O)C(CC(C)(C)C)OC(=O)[C@H](C)C[NH-]. The monoisotopic (exact) mass is 270 g/mol. The molecule has 0 amide bonds. The summed E-state index contributed by atoms with van der Waals surface area (Å²) < 4.78 is 10.1. The average molecular weight is 270 g/mol. The van der Waals surface area contributed by atoms with E-state index in [0.29, 0.717) is 6.42 Å². The van der Waals surface area contributed by atoms with Crippen molar-refractivity contribution >= 4 is 11.9 Å². The van der Waals surface area contributed by atoms with Gasteiger partial charge in [-0.3, -0.25) is 4.79 Å². The van der Waals surface area contributed by atoms with E-state index in [2.05, 4.69) is 6.58 Å². The van der Waals surface area contributed by atoms with Gasteiger partial charge in [-0.25, -0.2) is 4.79 Å². The van der Waals surface area contributed by atoms with Crippen molar-refractivity contribution in [3.05, 3.63) is 18.4 Å². The third-order valence-electron chi connectivity index (χ3n) is 2.37. The molecule has 110 valence electrons. The van der Waals surface area contributed by atoms with Crippen LogP contribution in [0.25, 0.3) is 5.73 Å². The van der Waals surface area contributed by atoms with Crippen molar-refractivity contribution in [3.63, 3.8) is 0 Å². The summed E-state index contributed by atoms with van der Waals surface area (Å²) in [6, 6.07) is 0. The smallest absolute Gasteiger partial charge is 0.347 e. The Labute approximate surface area is 115 Å². The number of carbonyl (C=O) groups is 2. The molecule has 0 spiro atoms. The van der Waals surface area contributed by atoms with Gasteiger partial charge in [0.1, 0.15) is 6.61 Å². The van der Waals surface area contributed by atoms with Crippen molar-refractivity contribution < 1.29 is 19.1 Å². The van der Waals surface area contributed by atoms with E-state index in [1.165, 1.54) is 6.08 Å². The maximum Gasteiger partial charge on any atom is 0.347 e. The van der Waals surface area contributed by atoms with Gasteiger partial charge in [0, 0.05) is 12.3 Å². The minimum atomic E-state index is -0.929. The van der Waals surface area contributed by atoms with Crippen LogP contribution in [0.15, 0.2) is 12.7 Å². The number of esters is 2. The molecular weight excluding hydrogens is 246 g/mol. The van der Waals surface area contributed by atoms with Crippen LogP contribution < -0.4 is 0 Å². The van der Waals surface area contributed by atoms with Crippen molar-refractivity contribution in [2.24, 2.45) is 11.3 Å². The summed E-state index contributed by atoms with van der Waals surface area (Å²) in [6.45, 7) is 10.9. The molecule has 0 saturated heterocycles. The minimum absolute atomic E-state index is 0.0667. The van der Waals surface area contributed by atoms with Gasteiger partial charge in [0.15, 0.2) is 6.10 Å². The van der Waals surface area contributed by atoms with Gasteiger partial charge >= 0.3 is 11.9 Å². The van der Waals surface area contributed by atoms with Gasteiger partial charge in [0.2, 0.25) is 0 Å². The molecule has 0 aromatic carbocycles. The zero-order chi connectivity index (χ0) is 15.1. The first kappa shape index (κ1) is 17.6. The van der Waals surface area contributed by atoms with E-state index < -0.39 is 24.0 Å². The molecule has 1 unspecified atom stereocenters. The lowest BCUT2D eigenvalue weighted by Crippen LogP contribution is -2.35. The fraction of sp³-hybridized carbons (Fsp3) is 0.714. The normalized spacial score (nSPS) is 14.4. The molecule has 0 aromatic rings. The van der Waals surface area contributed by atoms with Gasteiger partial charge in [-0.15, -0.1) is 6.54 Å². The molecule has 0 bridgehead atoms. The molecule has 0 heterocycles. The molecule has 2 atom stereocenters. The van der Waals surface area contributed by atoms with Crippen LogP contribution in [0.3, 0.4) is 0 Å². The number of ether oxygens (including phenoxy) is 2. The summed E-state index contributed by atoms with van der Waals surface area (Å²) in [5.74, 6) is -1.66. The first-order chi connectivity index (χ1) is 8.71. The second kappa shape index (κ2) is 7.94. The Morgan fingerprint density at radius 3 is 2.32 bits per heavy atom. The van der Waals surface area contributed by atoms with Crippen LogP contribution in [0, 0.1) is 11.3 Å². The van der Waals surface area contributed by atoms with Crippen LogP contribution in [0.1, 0.15) is 34.1 Å². The van der Waals surface area contributed by atoms with Crippen molar-refractivity contribution in [2.75, 3.05) is 13.2 Å². The van der Waals surface area contributed by atoms with Gasteiger partial charge in [0.05, 0.1) is 0 Å². The van der Waals surface area contributed by atoms with Gasteiger partial charge in [0.25, 0.3) is 0 Å². The van der Waals surface area contributed by atoms with E-state index in [1.54, 1.807) is 6.92 Å². The Morgan fingerprint density at radius 1 is 1.32 bits per heavy atom. The fourth-order valence-electron chi connectivity index (χ4n) is 1.30. The van der Waals surface area contributed by atoms with Crippen molar-refractivity contribution in [3.8, 4) is 0 Å². The van der Waals surface area contributed by atoms with E-state index in [-0.39, 0.29) is 18.6 Å². The van der Waals surface area contributed by atoms with E-state index in [4.69, 9.17) is 15.2 Å². The van der Waals surface area contributed by atoms with Crippen molar-refractivity contribution in [1.82, 2.24) is 0 Å². The van der Waals surface area contributed by atoms with Gasteiger partial charge in [-0.1, -0.05) is 40.3 Å². The highest BCUT2D eigenvalue weighted by atomic mass is 16.6. The third-order valence-corrected chi connectivity index (χ3v) is 2.37. The predicted octanol–water partition coefficient (Wildman–Crippen LogP) is 2.75. The molecule has 0 aliphatic heterocycles. The summed E-state index contributed by atoms with van der Waals surface area (Å²) >= 11 is 0. The molecule has 0 aliphatic carbocycles. The van der Waals surface area contributed by atoms with Crippen molar-refractivity contribution in [1.29, 1.82) is 0 Å². The highest BCUT2D eigenvalue weighted by molar-refractivity contribution is 5.80. The number of nitrogens with one attached hydrogen (secondary N) is 1. The lowest BCUT2D eigenvalue weighted by Gasteiger charge is -2.25. The van der Waals surface area contributed by atoms with Gasteiger partial charge in [-0.05, 0) is 5.41 Å². The van der Waals surface area contributed by atoms with Gasteiger partial charge < -0.3 is 15.2 Å². The molecule has 0 radical (unpaired) electrons. The highest BCUT2D eigenvalue weighted by Gasteiger charge is 2.30. The standard InChI is InChI=1S/C14H24NO4/c1-6-7-18-13(17)11(8-14(3,4)5)19-12(16)10(2)9-15/h6,10-11,15H,1,7-9H2,2-5H3/q-1/t10-,11?/m1/s1. The third kappa shape index (κ3) is 7.62. The maximum absolute atomic E-state index is 11.8. The fourth-order valence-corrected chi connectivity index (χ4v) is 1.30. The lowest BCUT2D eigenvalue weighted by molar-refractivity contribution is -0.171.